The zero-order valence-corrected chi connectivity index (χ0v) is 9.44. The lowest BCUT2D eigenvalue weighted by Crippen LogP contribution is -2.36. The van der Waals surface area contributed by atoms with Crippen LogP contribution in [0.5, 0.6) is 0 Å². The van der Waals surface area contributed by atoms with Gasteiger partial charge < -0.3 is 15.6 Å². The van der Waals surface area contributed by atoms with E-state index in [0.717, 1.165) is 12.2 Å². The maximum Gasteiger partial charge on any atom is 0.188 e. The van der Waals surface area contributed by atoms with Gasteiger partial charge in [-0.2, -0.15) is 0 Å². The van der Waals surface area contributed by atoms with Crippen LogP contribution in [-0.2, 0) is 13.5 Å². The molecule has 0 aromatic carbocycles. The van der Waals surface area contributed by atoms with Crippen molar-refractivity contribution in [2.75, 3.05) is 6.54 Å². The first-order chi connectivity index (χ1) is 7.09. The van der Waals surface area contributed by atoms with Crippen LogP contribution in [0, 0.1) is 0 Å². The molecule has 0 radical (unpaired) electrons. The molecule has 0 unspecified atom stereocenters. The van der Waals surface area contributed by atoms with Crippen LogP contribution in [-0.4, -0.2) is 33.3 Å². The lowest BCUT2D eigenvalue weighted by Gasteiger charge is -2.08. The predicted octanol–water partition coefficient (Wildman–Crippen LogP) is -0.330. The van der Waals surface area contributed by atoms with Crippen molar-refractivity contribution in [1.82, 2.24) is 20.1 Å². The monoisotopic (exact) mass is 210 g/mol. The fraction of sp³-hybridized carbons (Fsp3) is 0.667. The van der Waals surface area contributed by atoms with Gasteiger partial charge in [-0.05, 0) is 13.8 Å². The molecular weight excluding hydrogens is 192 g/mol. The average Bonchev–Trinajstić information content (AvgIpc) is 2.50. The Balaban J connectivity index is 2.35. The van der Waals surface area contributed by atoms with Crippen LogP contribution in [0.3, 0.4) is 0 Å². The maximum absolute atomic E-state index is 5.65. The number of hydrogen-bond donors (Lipinski definition) is 2. The molecule has 1 aromatic rings. The third-order valence-electron chi connectivity index (χ3n) is 1.86. The lowest BCUT2D eigenvalue weighted by molar-refractivity contribution is 0.718. The van der Waals surface area contributed by atoms with Crippen LogP contribution < -0.4 is 11.1 Å². The summed E-state index contributed by atoms with van der Waals surface area (Å²) in [7, 11) is 1.91. The second kappa shape index (κ2) is 5.33. The van der Waals surface area contributed by atoms with E-state index in [2.05, 4.69) is 20.5 Å². The van der Waals surface area contributed by atoms with Crippen molar-refractivity contribution >= 4 is 5.96 Å². The Morgan fingerprint density at radius 1 is 1.67 bits per heavy atom. The molecule has 84 valence electrons. The van der Waals surface area contributed by atoms with Gasteiger partial charge in [-0.3, -0.25) is 4.99 Å². The Kier molecular flexibility index (Phi) is 4.08. The minimum atomic E-state index is 0.309. The normalized spacial score (nSPS) is 12.1. The predicted molar refractivity (Wildman–Crippen MR) is 59.5 cm³/mol. The molecule has 6 nitrogen and oxygen atoms in total. The summed E-state index contributed by atoms with van der Waals surface area (Å²) in [6.45, 7) is 4.66. The number of aromatic nitrogens is 3. The molecule has 0 fully saturated rings. The number of aryl methyl sites for hydroxylation is 1. The quantitative estimate of drug-likeness (QED) is 0.526. The van der Waals surface area contributed by atoms with Gasteiger partial charge >= 0.3 is 0 Å². The molecule has 0 aliphatic heterocycles. The number of rotatable bonds is 4. The van der Waals surface area contributed by atoms with Crippen molar-refractivity contribution < 1.29 is 0 Å². The highest BCUT2D eigenvalue weighted by molar-refractivity contribution is 5.78. The Labute approximate surface area is 89.6 Å². The first kappa shape index (κ1) is 11.5. The fourth-order valence-corrected chi connectivity index (χ4v) is 1.15. The van der Waals surface area contributed by atoms with Gasteiger partial charge in [0.2, 0.25) is 0 Å². The number of nitrogens with two attached hydrogens (primary N) is 1. The molecule has 0 amide bonds. The molecule has 0 aliphatic carbocycles. The number of nitrogens with zero attached hydrogens (tertiary/aromatic N) is 4. The number of aliphatic imine (C=N–C) groups is 1. The highest BCUT2D eigenvalue weighted by atomic mass is 15.2. The van der Waals surface area contributed by atoms with E-state index in [1.54, 1.807) is 6.33 Å². The highest BCUT2D eigenvalue weighted by Gasteiger charge is 1.99. The summed E-state index contributed by atoms with van der Waals surface area (Å²) in [6, 6.07) is 0.309. The van der Waals surface area contributed by atoms with Crippen LogP contribution in [0.15, 0.2) is 11.3 Å². The molecule has 15 heavy (non-hydrogen) atoms. The minimum absolute atomic E-state index is 0.309. The van der Waals surface area contributed by atoms with Crippen molar-refractivity contribution in [3.05, 3.63) is 12.2 Å². The van der Waals surface area contributed by atoms with Crippen LogP contribution in [0.25, 0.3) is 0 Å². The molecule has 1 aromatic heterocycles. The summed E-state index contributed by atoms with van der Waals surface area (Å²) < 4.78 is 1.88. The highest BCUT2D eigenvalue weighted by Crippen LogP contribution is 1.92. The third kappa shape index (κ3) is 3.97. The first-order valence-corrected chi connectivity index (χ1v) is 4.99. The molecule has 1 rings (SSSR count). The molecule has 0 bridgehead atoms. The van der Waals surface area contributed by atoms with Crippen LogP contribution in [0.2, 0.25) is 0 Å². The van der Waals surface area contributed by atoms with E-state index in [4.69, 9.17) is 5.73 Å². The minimum Gasteiger partial charge on any atom is -0.370 e. The van der Waals surface area contributed by atoms with E-state index >= 15 is 0 Å². The smallest absolute Gasteiger partial charge is 0.188 e. The van der Waals surface area contributed by atoms with Gasteiger partial charge in [0.15, 0.2) is 5.96 Å². The third-order valence-corrected chi connectivity index (χ3v) is 1.86. The van der Waals surface area contributed by atoms with E-state index in [1.807, 2.05) is 25.5 Å². The van der Waals surface area contributed by atoms with Gasteiger partial charge in [0.1, 0.15) is 12.2 Å². The van der Waals surface area contributed by atoms with Crippen LogP contribution in [0.1, 0.15) is 19.7 Å². The van der Waals surface area contributed by atoms with E-state index in [9.17, 15) is 0 Å². The van der Waals surface area contributed by atoms with E-state index in [-0.39, 0.29) is 0 Å². The zero-order chi connectivity index (χ0) is 11.3. The molecule has 0 saturated carbocycles. The average molecular weight is 210 g/mol. The Morgan fingerprint density at radius 2 is 2.40 bits per heavy atom. The van der Waals surface area contributed by atoms with E-state index < -0.39 is 0 Å². The summed E-state index contributed by atoms with van der Waals surface area (Å²) in [6.07, 6.45) is 2.42. The number of hydrogen-bond acceptors (Lipinski definition) is 3. The molecule has 6 heteroatoms. The SMILES string of the molecule is CC(C)NC(N)=NCCc1nncn1C. The standard InChI is InChI=1S/C9H18N6/c1-7(2)13-9(10)11-5-4-8-14-12-6-15(8)3/h6-7H,4-5H2,1-3H3,(H3,10,11,13). The second-order valence-electron chi connectivity index (χ2n) is 3.67. The zero-order valence-electron chi connectivity index (χ0n) is 9.44. The summed E-state index contributed by atoms with van der Waals surface area (Å²) in [5, 5.41) is 10.8. The van der Waals surface area contributed by atoms with Crippen LogP contribution in [0.4, 0.5) is 0 Å². The summed E-state index contributed by atoms with van der Waals surface area (Å²) in [4.78, 5) is 4.18. The molecule has 0 saturated heterocycles. The number of nitrogens with one attached hydrogen (secondary N) is 1. The number of guanidine groups is 1. The molecule has 0 spiro atoms. The second-order valence-corrected chi connectivity index (χ2v) is 3.67. The Bertz CT molecular complexity index is 327. The lowest BCUT2D eigenvalue weighted by atomic mass is 10.4. The molecule has 1 heterocycles. The van der Waals surface area contributed by atoms with Crippen molar-refractivity contribution in [2.45, 2.75) is 26.3 Å². The molecule has 0 atom stereocenters. The van der Waals surface area contributed by atoms with Gasteiger partial charge in [-0.15, -0.1) is 10.2 Å². The van der Waals surface area contributed by atoms with Gasteiger partial charge in [-0.1, -0.05) is 0 Å². The van der Waals surface area contributed by atoms with E-state index in [0.29, 0.717) is 18.5 Å². The van der Waals surface area contributed by atoms with Gasteiger partial charge in [0.25, 0.3) is 0 Å². The molecular formula is C9H18N6. The largest absolute Gasteiger partial charge is 0.370 e. The summed E-state index contributed by atoms with van der Waals surface area (Å²) in [5.74, 6) is 1.39. The van der Waals surface area contributed by atoms with Crippen molar-refractivity contribution in [3.8, 4) is 0 Å². The van der Waals surface area contributed by atoms with E-state index in [1.165, 1.54) is 0 Å². The van der Waals surface area contributed by atoms with Gasteiger partial charge in [0.05, 0.1) is 0 Å². The summed E-state index contributed by atoms with van der Waals surface area (Å²) >= 11 is 0. The Hall–Kier alpha value is -1.59. The fourth-order valence-electron chi connectivity index (χ4n) is 1.15. The molecule has 0 aliphatic rings. The topological polar surface area (TPSA) is 81.1 Å². The maximum atomic E-state index is 5.65. The van der Waals surface area contributed by atoms with Crippen molar-refractivity contribution in [1.29, 1.82) is 0 Å². The van der Waals surface area contributed by atoms with Crippen molar-refractivity contribution in [3.63, 3.8) is 0 Å². The molecule has 3 N–H and O–H groups in total. The van der Waals surface area contributed by atoms with Crippen molar-refractivity contribution in [2.24, 2.45) is 17.8 Å². The first-order valence-electron chi connectivity index (χ1n) is 4.99. The van der Waals surface area contributed by atoms with Gasteiger partial charge in [-0.25, -0.2) is 0 Å². The van der Waals surface area contributed by atoms with Gasteiger partial charge in [0, 0.05) is 26.1 Å². The summed E-state index contributed by atoms with van der Waals surface area (Å²) in [5.41, 5.74) is 5.65. The van der Waals surface area contributed by atoms with Crippen LogP contribution >= 0.6 is 0 Å². The Morgan fingerprint density at radius 3 is 2.93 bits per heavy atom.